The topological polar surface area (TPSA) is 65.5 Å². The Morgan fingerprint density at radius 1 is 1.18 bits per heavy atom. The molecule has 156 valence electrons. The second-order valence-corrected chi connectivity index (χ2v) is 9.36. The maximum absolute atomic E-state index is 12.6. The van der Waals surface area contributed by atoms with E-state index in [0.717, 1.165) is 63.4 Å². The number of thiazole rings is 1. The lowest BCUT2D eigenvalue weighted by atomic mass is 9.90. The number of nitrogens with one attached hydrogen (secondary N) is 1. The van der Waals surface area contributed by atoms with E-state index in [4.69, 9.17) is 4.98 Å². The van der Waals surface area contributed by atoms with Crippen LogP contribution in [0, 0.1) is 11.8 Å². The summed E-state index contributed by atoms with van der Waals surface area (Å²) in [6.07, 6.45) is 4.55. The van der Waals surface area contributed by atoms with Crippen molar-refractivity contribution in [2.45, 2.75) is 65.8 Å². The van der Waals surface area contributed by atoms with Crippen LogP contribution in [0.5, 0.6) is 0 Å². The number of fused-ring (bicyclic) bond motifs is 1. The fourth-order valence-corrected chi connectivity index (χ4v) is 5.25. The number of nitrogens with zero attached hydrogens (tertiary/aromatic N) is 3. The molecule has 2 aliphatic rings. The molecule has 3 rings (SSSR count). The molecule has 7 heteroatoms. The summed E-state index contributed by atoms with van der Waals surface area (Å²) < 4.78 is 0. The van der Waals surface area contributed by atoms with Gasteiger partial charge in [-0.15, -0.1) is 11.3 Å². The van der Waals surface area contributed by atoms with E-state index in [-0.39, 0.29) is 29.7 Å². The van der Waals surface area contributed by atoms with Crippen molar-refractivity contribution in [2.75, 3.05) is 31.1 Å². The minimum atomic E-state index is 0.0572. The van der Waals surface area contributed by atoms with Crippen LogP contribution in [-0.2, 0) is 22.4 Å². The van der Waals surface area contributed by atoms with Gasteiger partial charge in [-0.05, 0) is 32.1 Å². The van der Waals surface area contributed by atoms with Crippen molar-refractivity contribution < 1.29 is 9.59 Å². The molecule has 1 saturated heterocycles. The second kappa shape index (κ2) is 9.25. The number of rotatable bonds is 6. The first-order valence-electron chi connectivity index (χ1n) is 10.8. The van der Waals surface area contributed by atoms with E-state index < -0.39 is 0 Å². The van der Waals surface area contributed by atoms with Gasteiger partial charge in [0.2, 0.25) is 11.8 Å². The van der Waals surface area contributed by atoms with Gasteiger partial charge in [0.05, 0.1) is 5.69 Å². The van der Waals surface area contributed by atoms with Gasteiger partial charge >= 0.3 is 0 Å². The zero-order valence-corrected chi connectivity index (χ0v) is 18.5. The molecule has 1 fully saturated rings. The molecule has 0 bridgehead atoms. The van der Waals surface area contributed by atoms with Crippen LogP contribution in [0.2, 0.25) is 0 Å². The van der Waals surface area contributed by atoms with Crippen LogP contribution in [0.25, 0.3) is 0 Å². The fraction of sp³-hybridized carbons (Fsp3) is 0.762. The molecule has 28 heavy (non-hydrogen) atoms. The second-order valence-electron chi connectivity index (χ2n) is 8.30. The van der Waals surface area contributed by atoms with E-state index in [1.54, 1.807) is 11.3 Å². The Morgan fingerprint density at radius 3 is 2.46 bits per heavy atom. The molecule has 6 nitrogen and oxygen atoms in total. The Kier molecular flexibility index (Phi) is 6.96. The van der Waals surface area contributed by atoms with Gasteiger partial charge in [-0.1, -0.05) is 27.7 Å². The number of carbonyl (C=O) groups excluding carboxylic acids is 2. The third-order valence-electron chi connectivity index (χ3n) is 5.99. The van der Waals surface area contributed by atoms with Crippen molar-refractivity contribution in [1.82, 2.24) is 15.2 Å². The molecule has 1 aliphatic heterocycles. The van der Waals surface area contributed by atoms with Crippen LogP contribution in [0.3, 0.4) is 0 Å². The molecular formula is C21H34N4O2S. The van der Waals surface area contributed by atoms with Gasteiger partial charge in [-0.25, -0.2) is 4.98 Å². The van der Waals surface area contributed by atoms with Crippen LogP contribution in [0.1, 0.15) is 57.5 Å². The minimum absolute atomic E-state index is 0.0572. The SMILES string of the molecule is CCC(CC)NC(=O)C1CCc2nc(N3CCN(C(=O)C(C)C)CC3)sc2C1. The van der Waals surface area contributed by atoms with Crippen LogP contribution in [-0.4, -0.2) is 53.9 Å². The van der Waals surface area contributed by atoms with Crippen molar-refractivity contribution >= 4 is 28.3 Å². The normalized spacial score (nSPS) is 19.9. The highest BCUT2D eigenvalue weighted by atomic mass is 32.1. The highest BCUT2D eigenvalue weighted by molar-refractivity contribution is 7.15. The molecule has 2 heterocycles. The van der Waals surface area contributed by atoms with Crippen molar-refractivity contribution in [1.29, 1.82) is 0 Å². The van der Waals surface area contributed by atoms with E-state index in [0.29, 0.717) is 0 Å². The standard InChI is InChI=1S/C21H34N4O2S/c1-5-16(6-2)22-19(26)15-7-8-17-18(13-15)28-21(23-17)25-11-9-24(10-12-25)20(27)14(3)4/h14-16H,5-13H2,1-4H3,(H,22,26). The summed E-state index contributed by atoms with van der Waals surface area (Å²) in [7, 11) is 0. The quantitative estimate of drug-likeness (QED) is 0.789. The number of anilines is 1. The third kappa shape index (κ3) is 4.67. The first-order chi connectivity index (χ1) is 13.4. The van der Waals surface area contributed by atoms with Crippen LogP contribution >= 0.6 is 11.3 Å². The summed E-state index contributed by atoms with van der Waals surface area (Å²) in [4.78, 5) is 35.2. The average Bonchev–Trinajstić information content (AvgIpc) is 3.14. The minimum Gasteiger partial charge on any atom is -0.353 e. The monoisotopic (exact) mass is 406 g/mol. The summed E-state index contributed by atoms with van der Waals surface area (Å²) in [5, 5.41) is 4.27. The number of hydrogen-bond donors (Lipinski definition) is 1. The molecule has 0 aromatic carbocycles. The zero-order valence-electron chi connectivity index (χ0n) is 17.7. The van der Waals surface area contributed by atoms with E-state index in [9.17, 15) is 9.59 Å². The number of piperazine rings is 1. The Morgan fingerprint density at radius 2 is 1.86 bits per heavy atom. The van der Waals surface area contributed by atoms with Gasteiger partial charge < -0.3 is 15.1 Å². The highest BCUT2D eigenvalue weighted by Gasteiger charge is 2.30. The van der Waals surface area contributed by atoms with Crippen molar-refractivity contribution in [3.63, 3.8) is 0 Å². The van der Waals surface area contributed by atoms with Gasteiger partial charge in [0.15, 0.2) is 5.13 Å². The predicted molar refractivity (Wildman–Crippen MR) is 114 cm³/mol. The Bertz CT molecular complexity index is 691. The number of aromatic nitrogens is 1. The molecule has 1 aromatic heterocycles. The molecule has 1 aliphatic carbocycles. The average molecular weight is 407 g/mol. The van der Waals surface area contributed by atoms with Crippen LogP contribution in [0.15, 0.2) is 0 Å². The number of amides is 2. The molecule has 2 amide bonds. The molecule has 1 N–H and O–H groups in total. The van der Waals surface area contributed by atoms with E-state index in [2.05, 4.69) is 24.1 Å². The van der Waals surface area contributed by atoms with Gasteiger partial charge in [0, 0.05) is 48.9 Å². The lowest BCUT2D eigenvalue weighted by Gasteiger charge is -2.35. The summed E-state index contributed by atoms with van der Waals surface area (Å²) in [6, 6.07) is 0.288. The van der Waals surface area contributed by atoms with Crippen molar-refractivity contribution in [2.24, 2.45) is 11.8 Å². The van der Waals surface area contributed by atoms with Gasteiger partial charge in [-0.2, -0.15) is 0 Å². The number of carbonyl (C=O) groups is 2. The smallest absolute Gasteiger partial charge is 0.225 e. The molecule has 0 spiro atoms. The van der Waals surface area contributed by atoms with Crippen molar-refractivity contribution in [3.8, 4) is 0 Å². The number of hydrogen-bond acceptors (Lipinski definition) is 5. The lowest BCUT2D eigenvalue weighted by Crippen LogP contribution is -2.49. The van der Waals surface area contributed by atoms with Crippen LogP contribution in [0.4, 0.5) is 5.13 Å². The highest BCUT2D eigenvalue weighted by Crippen LogP contribution is 2.34. The van der Waals surface area contributed by atoms with Gasteiger partial charge in [0.25, 0.3) is 0 Å². The van der Waals surface area contributed by atoms with Gasteiger partial charge in [-0.3, -0.25) is 9.59 Å². The van der Waals surface area contributed by atoms with Crippen LogP contribution < -0.4 is 10.2 Å². The molecular weight excluding hydrogens is 372 g/mol. The van der Waals surface area contributed by atoms with E-state index in [1.807, 2.05) is 18.7 Å². The summed E-state index contributed by atoms with van der Waals surface area (Å²) >= 11 is 1.74. The largest absolute Gasteiger partial charge is 0.353 e. The van der Waals surface area contributed by atoms with Crippen molar-refractivity contribution in [3.05, 3.63) is 10.6 Å². The number of aryl methyl sites for hydroxylation is 1. The summed E-state index contributed by atoms with van der Waals surface area (Å²) in [5.41, 5.74) is 1.17. The molecule has 1 atom stereocenters. The van der Waals surface area contributed by atoms with E-state index in [1.165, 1.54) is 10.6 Å². The molecule has 0 saturated carbocycles. The third-order valence-corrected chi connectivity index (χ3v) is 7.17. The molecule has 0 radical (unpaired) electrons. The molecule has 1 unspecified atom stereocenters. The molecule has 1 aromatic rings. The maximum Gasteiger partial charge on any atom is 0.225 e. The predicted octanol–water partition coefficient (Wildman–Crippen LogP) is 2.86. The fourth-order valence-electron chi connectivity index (χ4n) is 4.02. The Balaban J connectivity index is 1.58. The van der Waals surface area contributed by atoms with Gasteiger partial charge in [0.1, 0.15) is 0 Å². The summed E-state index contributed by atoms with van der Waals surface area (Å²) in [5.74, 6) is 0.572. The Hall–Kier alpha value is -1.63. The zero-order chi connectivity index (χ0) is 20.3. The Labute approximate surface area is 172 Å². The first-order valence-corrected chi connectivity index (χ1v) is 11.6. The maximum atomic E-state index is 12.6. The first kappa shape index (κ1) is 21.1. The summed E-state index contributed by atoms with van der Waals surface area (Å²) in [6.45, 7) is 11.4. The van der Waals surface area contributed by atoms with E-state index >= 15 is 0 Å². The lowest BCUT2D eigenvalue weighted by molar-refractivity contribution is -0.134.